The number of carboxylic acid groups (broad SMARTS) is 1. The second-order valence-corrected chi connectivity index (χ2v) is 5.93. The van der Waals surface area contributed by atoms with Crippen molar-refractivity contribution in [2.45, 2.75) is 17.4 Å². The van der Waals surface area contributed by atoms with E-state index >= 15 is 0 Å². The Labute approximate surface area is 129 Å². The summed E-state index contributed by atoms with van der Waals surface area (Å²) in [6.45, 7) is 3.30. The molecule has 1 heterocycles. The number of carbonyl (C=O) groups is 1. The van der Waals surface area contributed by atoms with Crippen LogP contribution in [0.25, 0.3) is 0 Å². The van der Waals surface area contributed by atoms with Crippen molar-refractivity contribution in [2.24, 2.45) is 0 Å². The molecule has 3 N–H and O–H groups in total. The lowest BCUT2D eigenvalue weighted by molar-refractivity contribution is 0.193. The molecule has 1 aliphatic heterocycles. The average Bonchev–Trinajstić information content (AvgIpc) is 2.42. The summed E-state index contributed by atoms with van der Waals surface area (Å²) in [7, 11) is 1.66. The molecule has 1 fully saturated rings. The Kier molecular flexibility index (Phi) is 6.16. The highest BCUT2D eigenvalue weighted by molar-refractivity contribution is 7.97. The van der Waals surface area contributed by atoms with Gasteiger partial charge in [-0.3, -0.25) is 0 Å². The Morgan fingerprint density at radius 2 is 2.19 bits per heavy atom. The molecule has 1 aromatic carbocycles. The molecule has 0 saturated carbocycles. The minimum atomic E-state index is -0.963. The zero-order valence-corrected chi connectivity index (χ0v) is 12.9. The minimum Gasteiger partial charge on any atom is -0.497 e. The van der Waals surface area contributed by atoms with Crippen LogP contribution in [0.5, 0.6) is 5.75 Å². The molecule has 1 aromatic rings. The van der Waals surface area contributed by atoms with Gasteiger partial charge in [-0.1, -0.05) is 0 Å². The number of amides is 1. The van der Waals surface area contributed by atoms with E-state index < -0.39 is 6.09 Å². The van der Waals surface area contributed by atoms with Gasteiger partial charge in [-0.2, -0.15) is 0 Å². The highest BCUT2D eigenvalue weighted by Crippen LogP contribution is 2.27. The largest absolute Gasteiger partial charge is 0.497 e. The third kappa shape index (κ3) is 5.11. The monoisotopic (exact) mass is 311 g/mol. The number of benzene rings is 1. The van der Waals surface area contributed by atoms with Gasteiger partial charge in [-0.15, -0.1) is 0 Å². The van der Waals surface area contributed by atoms with Crippen LogP contribution in [0.2, 0.25) is 0 Å². The number of methoxy groups -OCH3 is 1. The summed E-state index contributed by atoms with van der Waals surface area (Å²) >= 11 is 1.71. The van der Waals surface area contributed by atoms with Crippen LogP contribution in [-0.2, 0) is 0 Å². The highest BCUT2D eigenvalue weighted by Gasteiger charge is 2.25. The molecule has 2 rings (SSSR count). The van der Waals surface area contributed by atoms with Crippen LogP contribution in [0.4, 0.5) is 4.79 Å². The van der Waals surface area contributed by atoms with Gasteiger partial charge >= 0.3 is 6.09 Å². The first-order valence-corrected chi connectivity index (χ1v) is 7.72. The predicted molar refractivity (Wildman–Crippen MR) is 82.9 cm³/mol. The van der Waals surface area contributed by atoms with E-state index in [1.807, 2.05) is 24.3 Å². The van der Waals surface area contributed by atoms with E-state index in [9.17, 15) is 4.79 Å². The Morgan fingerprint density at radius 3 is 2.71 bits per heavy atom. The van der Waals surface area contributed by atoms with Crippen molar-refractivity contribution in [3.8, 4) is 5.75 Å². The van der Waals surface area contributed by atoms with E-state index in [1.54, 1.807) is 19.1 Å². The first kappa shape index (κ1) is 15.9. The predicted octanol–water partition coefficient (Wildman–Crippen LogP) is 1.63. The van der Waals surface area contributed by atoms with Crippen LogP contribution in [0, 0.1) is 0 Å². The average molecular weight is 311 g/mol. The number of hydrogen-bond donors (Lipinski definition) is 3. The third-order valence-corrected chi connectivity index (χ3v) is 4.48. The molecule has 0 aromatic heterocycles. The summed E-state index contributed by atoms with van der Waals surface area (Å²) < 4.78 is 7.48. The van der Waals surface area contributed by atoms with Crippen molar-refractivity contribution in [3.63, 3.8) is 0 Å². The molecule has 116 valence electrons. The van der Waals surface area contributed by atoms with Crippen LogP contribution in [0.15, 0.2) is 29.2 Å². The zero-order chi connectivity index (χ0) is 15.1. The molecule has 1 aliphatic rings. The summed E-state index contributed by atoms with van der Waals surface area (Å²) in [5, 5.41) is 14.3. The first-order valence-electron chi connectivity index (χ1n) is 6.95. The summed E-state index contributed by atoms with van der Waals surface area (Å²) in [5.41, 5.74) is 0. The van der Waals surface area contributed by atoms with Crippen LogP contribution < -0.4 is 15.4 Å². The second kappa shape index (κ2) is 8.11. The molecule has 21 heavy (non-hydrogen) atoms. The van der Waals surface area contributed by atoms with Gasteiger partial charge in [0.1, 0.15) is 5.75 Å². The molecule has 1 amide bonds. The van der Waals surface area contributed by atoms with Gasteiger partial charge in [-0.25, -0.2) is 9.10 Å². The molecule has 1 saturated heterocycles. The molecular weight excluding hydrogens is 290 g/mol. The molecule has 0 bridgehead atoms. The van der Waals surface area contributed by atoms with Gasteiger partial charge in [0.25, 0.3) is 0 Å². The standard InChI is InChI=1S/C14H21N3O3S/c1-20-12-3-5-13(6-4-12)21-17(11-9-15-10-11)8-2-7-16-14(18)19/h3-6,11,15-16H,2,7-10H2,1H3,(H,18,19). The molecule has 0 spiro atoms. The fraction of sp³-hybridized carbons (Fsp3) is 0.500. The van der Waals surface area contributed by atoms with Crippen LogP contribution >= 0.6 is 11.9 Å². The fourth-order valence-corrected chi connectivity index (χ4v) is 3.03. The molecule has 0 atom stereocenters. The maximum absolute atomic E-state index is 10.4. The number of nitrogens with zero attached hydrogens (tertiary/aromatic N) is 1. The first-order chi connectivity index (χ1) is 10.2. The van der Waals surface area contributed by atoms with E-state index in [2.05, 4.69) is 14.9 Å². The Morgan fingerprint density at radius 1 is 1.48 bits per heavy atom. The number of nitrogens with one attached hydrogen (secondary N) is 2. The van der Waals surface area contributed by atoms with Gasteiger partial charge in [0.05, 0.1) is 7.11 Å². The Bertz CT molecular complexity index is 451. The van der Waals surface area contributed by atoms with E-state index in [0.29, 0.717) is 12.6 Å². The molecule has 6 nitrogen and oxygen atoms in total. The summed E-state index contributed by atoms with van der Waals surface area (Å²) in [6.07, 6.45) is -0.166. The number of rotatable bonds is 8. The summed E-state index contributed by atoms with van der Waals surface area (Å²) in [4.78, 5) is 11.6. The van der Waals surface area contributed by atoms with Crippen LogP contribution in [-0.4, -0.2) is 54.8 Å². The fourth-order valence-electron chi connectivity index (χ4n) is 1.98. The molecule has 0 unspecified atom stereocenters. The smallest absolute Gasteiger partial charge is 0.404 e. The van der Waals surface area contributed by atoms with Crippen molar-refractivity contribution < 1.29 is 14.6 Å². The lowest BCUT2D eigenvalue weighted by atomic mass is 10.2. The number of ether oxygens (including phenoxy) is 1. The molecular formula is C14H21N3O3S. The van der Waals surface area contributed by atoms with Crippen molar-refractivity contribution in [1.82, 2.24) is 14.9 Å². The van der Waals surface area contributed by atoms with Crippen LogP contribution in [0.3, 0.4) is 0 Å². The second-order valence-electron chi connectivity index (χ2n) is 4.81. The van der Waals surface area contributed by atoms with E-state index in [1.165, 1.54) is 0 Å². The quantitative estimate of drug-likeness (QED) is 0.501. The summed E-state index contributed by atoms with van der Waals surface area (Å²) in [6, 6.07) is 8.48. The molecule has 7 heteroatoms. The lowest BCUT2D eigenvalue weighted by Crippen LogP contribution is -2.55. The van der Waals surface area contributed by atoms with Crippen molar-refractivity contribution in [3.05, 3.63) is 24.3 Å². The topological polar surface area (TPSA) is 73.8 Å². The normalized spacial score (nSPS) is 14.8. The molecule has 0 aliphatic carbocycles. The van der Waals surface area contributed by atoms with Crippen molar-refractivity contribution >= 4 is 18.0 Å². The Hall–Kier alpha value is -1.44. The van der Waals surface area contributed by atoms with Crippen molar-refractivity contribution in [2.75, 3.05) is 33.3 Å². The van der Waals surface area contributed by atoms with Gasteiger partial charge in [0.15, 0.2) is 0 Å². The summed E-state index contributed by atoms with van der Waals surface area (Å²) in [5.74, 6) is 0.849. The highest BCUT2D eigenvalue weighted by atomic mass is 32.2. The molecule has 0 radical (unpaired) electrons. The number of hydrogen-bond acceptors (Lipinski definition) is 5. The Balaban J connectivity index is 1.84. The van der Waals surface area contributed by atoms with E-state index in [4.69, 9.17) is 9.84 Å². The maximum atomic E-state index is 10.4. The lowest BCUT2D eigenvalue weighted by Gasteiger charge is -2.37. The minimum absolute atomic E-state index is 0.481. The third-order valence-electron chi connectivity index (χ3n) is 3.28. The van der Waals surface area contributed by atoms with Gasteiger partial charge in [-0.05, 0) is 42.6 Å². The maximum Gasteiger partial charge on any atom is 0.404 e. The van der Waals surface area contributed by atoms with Crippen molar-refractivity contribution in [1.29, 1.82) is 0 Å². The van der Waals surface area contributed by atoms with Crippen LogP contribution in [0.1, 0.15) is 6.42 Å². The zero-order valence-electron chi connectivity index (χ0n) is 12.0. The van der Waals surface area contributed by atoms with E-state index in [-0.39, 0.29) is 0 Å². The van der Waals surface area contributed by atoms with Gasteiger partial charge in [0.2, 0.25) is 0 Å². The van der Waals surface area contributed by atoms with Gasteiger partial charge < -0.3 is 20.5 Å². The SMILES string of the molecule is COc1ccc(SN(CCCNC(=O)O)C2CNC2)cc1. The van der Waals surface area contributed by atoms with E-state index in [0.717, 1.165) is 36.7 Å². The van der Waals surface area contributed by atoms with Gasteiger partial charge in [0, 0.05) is 37.1 Å².